The zero-order chi connectivity index (χ0) is 12.5. The molecule has 2 aromatic rings. The van der Waals surface area contributed by atoms with Crippen LogP contribution in [0.1, 0.15) is 41.4 Å². The average Bonchev–Trinajstić information content (AvgIpc) is 2.83. The van der Waals surface area contributed by atoms with Crippen molar-refractivity contribution in [1.29, 1.82) is 0 Å². The van der Waals surface area contributed by atoms with Crippen LogP contribution < -0.4 is 0 Å². The summed E-state index contributed by atoms with van der Waals surface area (Å²) in [6, 6.07) is 0. The number of fused-ring (bicyclic) bond motifs is 1. The molecule has 1 atom stereocenters. The molecular formula is C13H15N3O2. The fraction of sp³-hybridized carbons (Fsp3) is 0.462. The highest BCUT2D eigenvalue weighted by Gasteiger charge is 2.20. The van der Waals surface area contributed by atoms with Crippen molar-refractivity contribution in [2.24, 2.45) is 0 Å². The molecule has 0 amide bonds. The Hall–Kier alpha value is -1.75. The number of ether oxygens (including phenoxy) is 1. The summed E-state index contributed by atoms with van der Waals surface area (Å²) in [6.07, 6.45) is 7.42. The maximum atomic E-state index is 11.1. The molecule has 1 unspecified atom stereocenters. The summed E-state index contributed by atoms with van der Waals surface area (Å²) in [4.78, 5) is 15.5. The summed E-state index contributed by atoms with van der Waals surface area (Å²) in [5, 5.41) is 5.14. The van der Waals surface area contributed by atoms with Crippen LogP contribution in [-0.4, -0.2) is 27.7 Å². The number of aldehydes is 1. The minimum Gasteiger partial charge on any atom is -0.356 e. The van der Waals surface area contributed by atoms with E-state index < -0.39 is 0 Å². The van der Waals surface area contributed by atoms with E-state index in [9.17, 15) is 4.79 Å². The van der Waals surface area contributed by atoms with E-state index in [2.05, 4.69) is 10.1 Å². The Morgan fingerprint density at radius 2 is 2.33 bits per heavy atom. The van der Waals surface area contributed by atoms with Gasteiger partial charge < -0.3 is 4.74 Å². The molecule has 94 valence electrons. The van der Waals surface area contributed by atoms with Gasteiger partial charge in [0.15, 0.2) is 18.2 Å². The lowest BCUT2D eigenvalue weighted by molar-refractivity contribution is -0.0370. The van der Waals surface area contributed by atoms with E-state index in [0.29, 0.717) is 5.56 Å². The average molecular weight is 245 g/mol. The third-order valence-corrected chi connectivity index (χ3v) is 3.41. The first-order valence-electron chi connectivity index (χ1n) is 6.21. The Kier molecular flexibility index (Phi) is 2.83. The molecule has 1 aliphatic heterocycles. The molecule has 3 rings (SSSR count). The molecule has 5 nitrogen and oxygen atoms in total. The number of aryl methyl sites for hydroxylation is 1. The molecule has 0 aromatic carbocycles. The summed E-state index contributed by atoms with van der Waals surface area (Å²) >= 11 is 0. The third-order valence-electron chi connectivity index (χ3n) is 3.41. The van der Waals surface area contributed by atoms with Crippen molar-refractivity contribution in [2.75, 3.05) is 6.61 Å². The lowest BCUT2D eigenvalue weighted by atomic mass is 10.1. The first-order valence-corrected chi connectivity index (χ1v) is 6.21. The fourth-order valence-corrected chi connectivity index (χ4v) is 2.40. The highest BCUT2D eigenvalue weighted by atomic mass is 16.5. The molecule has 5 heteroatoms. The number of carbonyl (C=O) groups excluding carboxylic acids is 1. The molecule has 1 saturated heterocycles. The molecule has 3 heterocycles. The number of carbonyl (C=O) groups is 1. The van der Waals surface area contributed by atoms with Gasteiger partial charge >= 0.3 is 0 Å². The van der Waals surface area contributed by atoms with E-state index in [0.717, 1.165) is 48.8 Å². The minimum atomic E-state index is -0.0500. The Bertz CT molecular complexity index is 585. The van der Waals surface area contributed by atoms with E-state index in [1.165, 1.54) is 0 Å². The largest absolute Gasteiger partial charge is 0.356 e. The maximum Gasteiger partial charge on any atom is 0.161 e. The number of hydrogen-bond donors (Lipinski definition) is 0. The number of aromatic nitrogens is 3. The lowest BCUT2D eigenvalue weighted by Gasteiger charge is -2.23. The van der Waals surface area contributed by atoms with Crippen molar-refractivity contribution in [1.82, 2.24) is 14.8 Å². The molecule has 1 fully saturated rings. The fourth-order valence-electron chi connectivity index (χ4n) is 2.40. The SMILES string of the molecule is Cc1cnc2c(cnn2C2CCCCO2)c1C=O. The number of hydrogen-bond acceptors (Lipinski definition) is 4. The normalized spacial score (nSPS) is 20.2. The summed E-state index contributed by atoms with van der Waals surface area (Å²) in [6.45, 7) is 2.64. The Morgan fingerprint density at radius 3 is 3.06 bits per heavy atom. The van der Waals surface area contributed by atoms with Gasteiger partial charge in [-0.2, -0.15) is 5.10 Å². The van der Waals surface area contributed by atoms with Crippen LogP contribution in [0.15, 0.2) is 12.4 Å². The van der Waals surface area contributed by atoms with Gasteiger partial charge in [-0.05, 0) is 31.7 Å². The van der Waals surface area contributed by atoms with E-state index in [4.69, 9.17) is 4.74 Å². The highest BCUT2D eigenvalue weighted by molar-refractivity contribution is 5.96. The molecule has 1 aliphatic rings. The van der Waals surface area contributed by atoms with Crippen molar-refractivity contribution in [2.45, 2.75) is 32.4 Å². The second-order valence-electron chi connectivity index (χ2n) is 4.62. The van der Waals surface area contributed by atoms with Crippen LogP contribution in [0.3, 0.4) is 0 Å². The number of pyridine rings is 1. The predicted molar refractivity (Wildman–Crippen MR) is 66.5 cm³/mol. The molecule has 0 bridgehead atoms. The van der Waals surface area contributed by atoms with Gasteiger partial charge in [0.05, 0.1) is 6.20 Å². The van der Waals surface area contributed by atoms with Crippen molar-refractivity contribution in [3.63, 3.8) is 0 Å². The maximum absolute atomic E-state index is 11.1. The molecule has 2 aromatic heterocycles. The van der Waals surface area contributed by atoms with Gasteiger partial charge in [-0.15, -0.1) is 0 Å². The Labute approximate surface area is 105 Å². The molecule has 0 N–H and O–H groups in total. The Balaban J connectivity index is 2.11. The zero-order valence-corrected chi connectivity index (χ0v) is 10.3. The summed E-state index contributed by atoms with van der Waals surface area (Å²) in [7, 11) is 0. The number of nitrogens with zero attached hydrogens (tertiary/aromatic N) is 3. The molecular weight excluding hydrogens is 230 g/mol. The van der Waals surface area contributed by atoms with Gasteiger partial charge in [-0.3, -0.25) is 4.79 Å². The van der Waals surface area contributed by atoms with E-state index in [1.807, 2.05) is 6.92 Å². The second kappa shape index (κ2) is 4.49. The van der Waals surface area contributed by atoms with Crippen LogP contribution in [0.2, 0.25) is 0 Å². The minimum absolute atomic E-state index is 0.0500. The monoisotopic (exact) mass is 245 g/mol. The number of rotatable bonds is 2. The van der Waals surface area contributed by atoms with Gasteiger partial charge in [0.2, 0.25) is 0 Å². The lowest BCUT2D eigenvalue weighted by Crippen LogP contribution is -2.19. The van der Waals surface area contributed by atoms with Crippen molar-refractivity contribution >= 4 is 17.3 Å². The van der Waals surface area contributed by atoms with E-state index >= 15 is 0 Å². The standard InChI is InChI=1S/C13H15N3O2/c1-9-6-14-13-10(11(9)8-17)7-15-16(13)12-4-2-3-5-18-12/h6-8,12H,2-5H2,1H3. The van der Waals surface area contributed by atoms with Crippen LogP contribution in [0.25, 0.3) is 11.0 Å². The van der Waals surface area contributed by atoms with Crippen LogP contribution in [-0.2, 0) is 4.74 Å². The smallest absolute Gasteiger partial charge is 0.161 e. The van der Waals surface area contributed by atoms with Crippen molar-refractivity contribution < 1.29 is 9.53 Å². The summed E-state index contributed by atoms with van der Waals surface area (Å²) in [5.74, 6) is 0. The van der Waals surface area contributed by atoms with Gasteiger partial charge in [-0.25, -0.2) is 9.67 Å². The van der Waals surface area contributed by atoms with E-state index in [1.54, 1.807) is 17.1 Å². The van der Waals surface area contributed by atoms with Crippen LogP contribution in [0, 0.1) is 6.92 Å². The van der Waals surface area contributed by atoms with Crippen molar-refractivity contribution in [3.8, 4) is 0 Å². The second-order valence-corrected chi connectivity index (χ2v) is 4.62. The molecule has 0 spiro atoms. The van der Waals surface area contributed by atoms with Crippen molar-refractivity contribution in [3.05, 3.63) is 23.5 Å². The zero-order valence-electron chi connectivity index (χ0n) is 10.3. The van der Waals surface area contributed by atoms with Gasteiger partial charge in [0.1, 0.15) is 0 Å². The van der Waals surface area contributed by atoms with Crippen LogP contribution in [0.4, 0.5) is 0 Å². The Morgan fingerprint density at radius 1 is 1.44 bits per heavy atom. The third kappa shape index (κ3) is 1.71. The van der Waals surface area contributed by atoms with Gasteiger partial charge in [0, 0.05) is 23.8 Å². The quantitative estimate of drug-likeness (QED) is 0.761. The topological polar surface area (TPSA) is 57.0 Å². The summed E-state index contributed by atoms with van der Waals surface area (Å²) < 4.78 is 7.50. The molecule has 0 radical (unpaired) electrons. The van der Waals surface area contributed by atoms with Crippen LogP contribution in [0.5, 0.6) is 0 Å². The molecule has 0 aliphatic carbocycles. The summed E-state index contributed by atoms with van der Waals surface area (Å²) in [5.41, 5.74) is 2.28. The van der Waals surface area contributed by atoms with Crippen LogP contribution >= 0.6 is 0 Å². The first-order chi connectivity index (χ1) is 8.81. The van der Waals surface area contributed by atoms with E-state index in [-0.39, 0.29) is 6.23 Å². The molecule has 18 heavy (non-hydrogen) atoms. The van der Waals surface area contributed by atoms with Gasteiger partial charge in [-0.1, -0.05) is 0 Å². The molecule has 0 saturated carbocycles. The van der Waals surface area contributed by atoms with Gasteiger partial charge in [0.25, 0.3) is 0 Å². The first kappa shape index (κ1) is 11.3. The predicted octanol–water partition coefficient (Wildman–Crippen LogP) is 2.25. The highest BCUT2D eigenvalue weighted by Crippen LogP contribution is 2.26.